The molecule has 2 aromatic heterocycles. The molecule has 1 atom stereocenters. The zero-order chi connectivity index (χ0) is 32.1. The molecule has 18 heteroatoms. The number of anilines is 3. The van der Waals surface area contributed by atoms with Gasteiger partial charge >= 0.3 is 30.0 Å². The van der Waals surface area contributed by atoms with Gasteiger partial charge in [0.1, 0.15) is 23.7 Å². The summed E-state index contributed by atoms with van der Waals surface area (Å²) in [6, 6.07) is 3.65. The lowest BCUT2D eigenvalue weighted by Gasteiger charge is -2.36. The molecule has 0 saturated carbocycles. The number of nitrogens with two attached hydrogens (primary N) is 1. The van der Waals surface area contributed by atoms with Crippen molar-refractivity contribution < 1.29 is 48.7 Å². The number of benzene rings is 2. The number of rotatable bonds is 6. The molecule has 2 heterocycles. The van der Waals surface area contributed by atoms with Gasteiger partial charge in [0, 0.05) is 22.9 Å². The summed E-state index contributed by atoms with van der Waals surface area (Å²) >= 11 is 0. The molecule has 43 heavy (non-hydrogen) atoms. The number of amides is 2. The van der Waals surface area contributed by atoms with E-state index in [0.717, 1.165) is 0 Å². The van der Waals surface area contributed by atoms with Gasteiger partial charge in [0.2, 0.25) is 0 Å². The second-order valence-corrected chi connectivity index (χ2v) is 9.42. The Hall–Kier alpha value is -4.64. The van der Waals surface area contributed by atoms with Gasteiger partial charge in [0.15, 0.2) is 5.65 Å². The average Bonchev–Trinajstić information content (AvgIpc) is 3.30. The molecule has 0 bridgehead atoms. The molecule has 0 spiro atoms. The SMILES string of the molecule is CC(C)n1nc(-c2ccc(NC(=O)Nc3cc(C(F)(C(F)(F)F)C(F)(F)C(F)(F)F)ccc3F)cc2)c2c(N)ncnc21. The minimum atomic E-state index is -6.97. The van der Waals surface area contributed by atoms with Crippen molar-refractivity contribution in [2.24, 2.45) is 0 Å². The van der Waals surface area contributed by atoms with E-state index in [1.54, 1.807) is 10.00 Å². The molecule has 1 unspecified atom stereocenters. The van der Waals surface area contributed by atoms with Gasteiger partial charge in [0.05, 0.1) is 11.1 Å². The Balaban J connectivity index is 1.60. The summed E-state index contributed by atoms with van der Waals surface area (Å²) in [4.78, 5) is 20.6. The lowest BCUT2D eigenvalue weighted by atomic mass is 9.87. The van der Waals surface area contributed by atoms with Crippen LogP contribution in [-0.4, -0.2) is 44.1 Å². The number of hydrogen-bond acceptors (Lipinski definition) is 5. The van der Waals surface area contributed by atoms with Crippen molar-refractivity contribution in [2.75, 3.05) is 16.4 Å². The molecule has 0 aliphatic heterocycles. The molecule has 0 radical (unpaired) electrons. The summed E-state index contributed by atoms with van der Waals surface area (Å²) in [6.07, 6.45) is -12.5. The molecule has 2 aromatic carbocycles. The van der Waals surface area contributed by atoms with Gasteiger partial charge in [0.25, 0.3) is 0 Å². The minimum absolute atomic E-state index is 0.00227. The number of urea groups is 1. The first kappa shape index (κ1) is 31.3. The zero-order valence-electron chi connectivity index (χ0n) is 21.8. The van der Waals surface area contributed by atoms with Gasteiger partial charge in [-0.2, -0.15) is 40.2 Å². The summed E-state index contributed by atoms with van der Waals surface area (Å²) < 4.78 is 137. The Kier molecular flexibility index (Phi) is 7.69. The number of hydrogen-bond donors (Lipinski definition) is 3. The second-order valence-electron chi connectivity index (χ2n) is 9.42. The third kappa shape index (κ3) is 5.36. The molecular formula is C25H19F10N7O. The highest BCUT2D eigenvalue weighted by atomic mass is 19.4. The molecule has 2 amide bonds. The smallest absolute Gasteiger partial charge is 0.383 e. The van der Waals surface area contributed by atoms with Crippen LogP contribution in [0.3, 0.4) is 0 Å². The first-order valence-corrected chi connectivity index (χ1v) is 12.0. The number of nitrogens with zero attached hydrogens (tertiary/aromatic N) is 4. The van der Waals surface area contributed by atoms with E-state index in [0.29, 0.717) is 22.3 Å². The van der Waals surface area contributed by atoms with E-state index < -0.39 is 47.0 Å². The topological polar surface area (TPSA) is 111 Å². The molecule has 0 aliphatic rings. The lowest BCUT2D eigenvalue weighted by Crippen LogP contribution is -2.59. The fourth-order valence-electron chi connectivity index (χ4n) is 4.11. The summed E-state index contributed by atoms with van der Waals surface area (Å²) in [5.41, 5.74) is -2.53. The third-order valence-electron chi connectivity index (χ3n) is 6.22. The van der Waals surface area contributed by atoms with Gasteiger partial charge in [-0.1, -0.05) is 18.2 Å². The largest absolute Gasteiger partial charge is 0.457 e. The van der Waals surface area contributed by atoms with Crippen LogP contribution in [0.1, 0.15) is 25.5 Å². The number of halogens is 10. The summed E-state index contributed by atoms with van der Waals surface area (Å²) in [5, 5.41) is 8.81. The molecular weight excluding hydrogens is 604 g/mol. The van der Waals surface area contributed by atoms with Crippen LogP contribution in [0.4, 0.5) is 65.9 Å². The minimum Gasteiger partial charge on any atom is -0.383 e. The predicted octanol–water partition coefficient (Wildman–Crippen LogP) is 7.36. The Bertz CT molecular complexity index is 1670. The number of aromatic nitrogens is 4. The molecule has 0 aliphatic carbocycles. The monoisotopic (exact) mass is 623 g/mol. The molecule has 230 valence electrons. The van der Waals surface area contributed by atoms with Gasteiger partial charge in [-0.3, -0.25) is 0 Å². The quantitative estimate of drug-likeness (QED) is 0.194. The van der Waals surface area contributed by atoms with Crippen LogP contribution < -0.4 is 16.4 Å². The van der Waals surface area contributed by atoms with Gasteiger partial charge in [-0.05, 0) is 38.1 Å². The highest BCUT2D eigenvalue weighted by Crippen LogP contribution is 2.58. The predicted molar refractivity (Wildman–Crippen MR) is 134 cm³/mol. The maximum absolute atomic E-state index is 14.8. The number of nitrogen functional groups attached to an aromatic ring is 1. The highest BCUT2D eigenvalue weighted by Gasteiger charge is 2.81. The van der Waals surface area contributed by atoms with Gasteiger partial charge in [-0.15, -0.1) is 0 Å². The number of alkyl halides is 9. The Labute approximate surface area is 234 Å². The maximum atomic E-state index is 14.8. The van der Waals surface area contributed by atoms with Gasteiger partial charge < -0.3 is 16.4 Å². The molecule has 4 N–H and O–H groups in total. The standard InChI is InChI=1S/C25H19F10N7O/c1-11(2)42-20-17(19(36)37-10-38-20)18(41-42)12-3-6-14(7-4-12)39-21(43)40-16-9-13(5-8-15(16)26)22(27,24(30,31)32)23(28,29)25(33,34)35/h3-11H,1-2H3,(H2,36,37,38)(H2,39,40,43). The van der Waals surface area contributed by atoms with Crippen LogP contribution in [0.5, 0.6) is 0 Å². The Morgan fingerprint density at radius 2 is 1.51 bits per heavy atom. The number of carbonyl (C=O) groups excluding carboxylic acids is 1. The van der Waals surface area contributed by atoms with Crippen LogP contribution in [0.2, 0.25) is 0 Å². The van der Waals surface area contributed by atoms with E-state index in [-0.39, 0.29) is 35.7 Å². The fraction of sp³-hybridized carbons (Fsp3) is 0.280. The Morgan fingerprint density at radius 3 is 2.07 bits per heavy atom. The number of nitrogens with one attached hydrogen (secondary N) is 2. The van der Waals surface area contributed by atoms with Crippen molar-refractivity contribution >= 4 is 34.3 Å². The van der Waals surface area contributed by atoms with Gasteiger partial charge in [-0.25, -0.2) is 28.2 Å². The van der Waals surface area contributed by atoms with E-state index >= 15 is 0 Å². The highest BCUT2D eigenvalue weighted by molar-refractivity contribution is 6.01. The first-order chi connectivity index (χ1) is 19.8. The second kappa shape index (κ2) is 10.6. The van der Waals surface area contributed by atoms with Crippen LogP contribution in [0.15, 0.2) is 48.8 Å². The van der Waals surface area contributed by atoms with E-state index in [9.17, 15) is 48.7 Å². The van der Waals surface area contributed by atoms with Crippen molar-refractivity contribution in [2.45, 2.75) is 43.8 Å². The summed E-state index contributed by atoms with van der Waals surface area (Å²) in [5.74, 6) is -8.38. The van der Waals surface area contributed by atoms with Crippen molar-refractivity contribution in [1.29, 1.82) is 0 Å². The van der Waals surface area contributed by atoms with E-state index in [1.165, 1.54) is 30.6 Å². The van der Waals surface area contributed by atoms with Crippen LogP contribution in [-0.2, 0) is 5.67 Å². The molecule has 4 rings (SSSR count). The maximum Gasteiger partial charge on any atom is 0.457 e. The first-order valence-electron chi connectivity index (χ1n) is 12.0. The van der Waals surface area contributed by atoms with Crippen molar-refractivity contribution in [3.8, 4) is 11.3 Å². The van der Waals surface area contributed by atoms with Crippen LogP contribution in [0, 0.1) is 5.82 Å². The van der Waals surface area contributed by atoms with Crippen molar-refractivity contribution in [3.63, 3.8) is 0 Å². The summed E-state index contributed by atoms with van der Waals surface area (Å²) in [7, 11) is 0. The van der Waals surface area contributed by atoms with E-state index in [1.807, 2.05) is 13.8 Å². The molecule has 4 aromatic rings. The van der Waals surface area contributed by atoms with Crippen molar-refractivity contribution in [1.82, 2.24) is 19.7 Å². The summed E-state index contributed by atoms with van der Waals surface area (Å²) in [6.45, 7) is 3.72. The zero-order valence-corrected chi connectivity index (χ0v) is 21.8. The normalized spacial score (nSPS) is 14.2. The van der Waals surface area contributed by atoms with E-state index in [4.69, 9.17) is 5.73 Å². The molecule has 8 nitrogen and oxygen atoms in total. The number of carbonyl (C=O) groups is 1. The Morgan fingerprint density at radius 1 is 0.884 bits per heavy atom. The molecule has 0 saturated heterocycles. The lowest BCUT2D eigenvalue weighted by molar-refractivity contribution is -0.389. The number of fused-ring (bicyclic) bond motifs is 1. The van der Waals surface area contributed by atoms with Crippen molar-refractivity contribution in [3.05, 3.63) is 60.2 Å². The molecule has 0 fully saturated rings. The average molecular weight is 623 g/mol. The van der Waals surface area contributed by atoms with E-state index in [2.05, 4.69) is 20.4 Å². The van der Waals surface area contributed by atoms with Crippen LogP contribution in [0.25, 0.3) is 22.3 Å². The fourth-order valence-corrected chi connectivity index (χ4v) is 4.11. The van der Waals surface area contributed by atoms with Crippen LogP contribution >= 0.6 is 0 Å². The third-order valence-corrected chi connectivity index (χ3v) is 6.22.